The van der Waals surface area contributed by atoms with Crippen LogP contribution in [0.4, 0.5) is 11.4 Å². The fourth-order valence-electron chi connectivity index (χ4n) is 4.44. The van der Waals surface area contributed by atoms with Crippen LogP contribution in [0.1, 0.15) is 58.3 Å². The average molecular weight is 751 g/mol. The standard InChI is InChI=1S/C31H45IN6O2S2.C2H2/c1-8-25(24(6)36-31(33)42-34-7)11-10-22(4)29(39)37(9-2)19-16-23(5)35-27-20-26(30(40)41-32)12-13-28(27)38-17-14-21(3)15-18-38;1-2/h8,10-15,17,20,22-24,34-35H,9,16,18-19H2,1-7H3,(H2,33,36);1-2H/b11-10-,25-8+;. The predicted molar refractivity (Wildman–Crippen MR) is 202 cm³/mol. The number of benzene rings is 1. The van der Waals surface area contributed by atoms with Gasteiger partial charge in [0.05, 0.1) is 23.3 Å². The first-order valence-corrected chi connectivity index (χ1v) is 18.7. The number of terminal acetylenes is 1. The van der Waals surface area contributed by atoms with Crippen molar-refractivity contribution in [3.05, 3.63) is 71.5 Å². The first kappa shape index (κ1) is 39.4. The van der Waals surface area contributed by atoms with E-state index in [-0.39, 0.29) is 29.0 Å². The molecule has 1 amide bonds. The van der Waals surface area contributed by atoms with Crippen LogP contribution in [0.25, 0.3) is 0 Å². The number of anilines is 2. The molecular formula is C33H47IN6O2S2. The molecule has 0 fully saturated rings. The highest BCUT2D eigenvalue weighted by Gasteiger charge is 2.20. The lowest BCUT2D eigenvalue weighted by Gasteiger charge is -2.28. The minimum atomic E-state index is -0.272. The Morgan fingerprint density at radius 2 is 1.98 bits per heavy atom. The molecule has 0 spiro atoms. The van der Waals surface area contributed by atoms with Crippen LogP contribution in [-0.2, 0) is 4.79 Å². The summed E-state index contributed by atoms with van der Waals surface area (Å²) in [5.74, 6) is -0.184. The smallest absolute Gasteiger partial charge is 0.229 e. The topological polar surface area (TPSA) is 103 Å². The van der Waals surface area contributed by atoms with Crippen LogP contribution >= 0.6 is 42.1 Å². The number of hydrogen-bond donors (Lipinski definition) is 3. The molecule has 0 bridgehead atoms. The van der Waals surface area contributed by atoms with Crippen LogP contribution in [-0.4, -0.2) is 59.9 Å². The lowest BCUT2D eigenvalue weighted by atomic mass is 10.0. The molecule has 1 heterocycles. The van der Waals surface area contributed by atoms with Crippen molar-refractivity contribution in [2.75, 3.05) is 36.9 Å². The van der Waals surface area contributed by atoms with Gasteiger partial charge in [0.25, 0.3) is 0 Å². The van der Waals surface area contributed by atoms with E-state index in [1.807, 2.05) is 90.2 Å². The second-order valence-electron chi connectivity index (χ2n) is 10.2. The molecule has 1 aromatic rings. The molecule has 3 atom stereocenters. The van der Waals surface area contributed by atoms with E-state index < -0.39 is 0 Å². The average Bonchev–Trinajstić information content (AvgIpc) is 3.02. The Labute approximate surface area is 285 Å². The van der Waals surface area contributed by atoms with Crippen LogP contribution in [0.3, 0.4) is 0 Å². The number of nitrogens with two attached hydrogens (primary N) is 1. The van der Waals surface area contributed by atoms with Gasteiger partial charge in [-0.3, -0.25) is 19.3 Å². The number of aliphatic imine (C=N–C) groups is 1. The number of carbonyl (C=O) groups excluding carboxylic acids is 2. The van der Waals surface area contributed by atoms with Crippen molar-refractivity contribution >= 4 is 69.7 Å². The van der Waals surface area contributed by atoms with E-state index in [4.69, 9.17) is 5.73 Å². The Balaban J connectivity index is 0.00000474. The minimum Gasteiger partial charge on any atom is -0.381 e. The van der Waals surface area contributed by atoms with Gasteiger partial charge in [0, 0.05) is 58.6 Å². The number of nitrogens with one attached hydrogen (secondary N) is 2. The molecule has 8 nitrogen and oxygen atoms in total. The van der Waals surface area contributed by atoms with Crippen molar-refractivity contribution in [1.29, 1.82) is 0 Å². The van der Waals surface area contributed by atoms with E-state index in [1.165, 1.54) is 26.5 Å². The van der Waals surface area contributed by atoms with Gasteiger partial charge in [-0.25, -0.2) is 0 Å². The Hall–Kier alpha value is -2.66. The monoisotopic (exact) mass is 750 g/mol. The van der Waals surface area contributed by atoms with Gasteiger partial charge in [-0.1, -0.05) is 36.8 Å². The molecule has 11 heteroatoms. The van der Waals surface area contributed by atoms with Gasteiger partial charge in [0.15, 0.2) is 5.17 Å². The maximum atomic E-state index is 13.3. The fourth-order valence-corrected chi connectivity index (χ4v) is 5.84. The van der Waals surface area contributed by atoms with Crippen LogP contribution in [0.5, 0.6) is 0 Å². The Morgan fingerprint density at radius 1 is 1.27 bits per heavy atom. The highest BCUT2D eigenvalue weighted by Crippen LogP contribution is 2.32. The summed E-state index contributed by atoms with van der Waals surface area (Å²) in [5.41, 5.74) is 10.8. The summed E-state index contributed by atoms with van der Waals surface area (Å²) in [6.07, 6.45) is 21.0. The van der Waals surface area contributed by atoms with Gasteiger partial charge >= 0.3 is 0 Å². The van der Waals surface area contributed by atoms with Gasteiger partial charge < -0.3 is 20.9 Å². The third kappa shape index (κ3) is 12.8. The number of halogens is 1. The summed E-state index contributed by atoms with van der Waals surface area (Å²) in [7, 11) is 2.98. The molecule has 4 N–H and O–H groups in total. The van der Waals surface area contributed by atoms with Crippen LogP contribution in [0.15, 0.2) is 70.9 Å². The number of carbonyl (C=O) groups is 2. The van der Waals surface area contributed by atoms with Gasteiger partial charge in [-0.2, -0.15) is 0 Å². The molecule has 0 aromatic heterocycles. The lowest BCUT2D eigenvalue weighted by molar-refractivity contribution is -0.133. The number of hydrogen-bond acceptors (Lipinski definition) is 8. The van der Waals surface area contributed by atoms with Crippen LogP contribution in [0.2, 0.25) is 0 Å². The zero-order valence-corrected chi connectivity index (χ0v) is 30.6. The highest BCUT2D eigenvalue weighted by atomic mass is 127. The number of nitrogens with zero attached hydrogens (tertiary/aromatic N) is 3. The molecule has 240 valence electrons. The summed E-state index contributed by atoms with van der Waals surface area (Å²) >= 11 is 3.30. The molecule has 0 aliphatic carbocycles. The van der Waals surface area contributed by atoms with Crippen molar-refractivity contribution in [3.63, 3.8) is 0 Å². The second-order valence-corrected chi connectivity index (χ2v) is 13.0. The first-order valence-electron chi connectivity index (χ1n) is 14.5. The van der Waals surface area contributed by atoms with Crippen molar-refractivity contribution in [3.8, 4) is 12.8 Å². The van der Waals surface area contributed by atoms with Crippen molar-refractivity contribution < 1.29 is 9.59 Å². The zero-order chi connectivity index (χ0) is 33.2. The molecule has 1 aliphatic heterocycles. The van der Waals surface area contributed by atoms with Crippen molar-refractivity contribution in [2.45, 2.75) is 60.0 Å². The predicted octanol–water partition coefficient (Wildman–Crippen LogP) is 7.19. The Morgan fingerprint density at radius 3 is 2.55 bits per heavy atom. The van der Waals surface area contributed by atoms with Crippen LogP contribution < -0.4 is 20.7 Å². The third-order valence-electron chi connectivity index (χ3n) is 6.98. The van der Waals surface area contributed by atoms with Gasteiger partial charge in [-0.15, -0.1) is 12.8 Å². The summed E-state index contributed by atoms with van der Waals surface area (Å²) in [6.45, 7) is 14.1. The molecule has 2 rings (SSSR count). The van der Waals surface area contributed by atoms with E-state index in [0.717, 1.165) is 29.9 Å². The summed E-state index contributed by atoms with van der Waals surface area (Å²) in [4.78, 5) is 34.3. The maximum Gasteiger partial charge on any atom is 0.229 e. The lowest BCUT2D eigenvalue weighted by Crippen LogP contribution is -2.37. The quantitative estimate of drug-likeness (QED) is 0.0459. The largest absolute Gasteiger partial charge is 0.381 e. The van der Waals surface area contributed by atoms with E-state index in [0.29, 0.717) is 23.8 Å². The van der Waals surface area contributed by atoms with E-state index in [9.17, 15) is 9.59 Å². The Bertz CT molecular complexity index is 1270. The summed E-state index contributed by atoms with van der Waals surface area (Å²) in [6, 6.07) is 5.78. The zero-order valence-electron chi connectivity index (χ0n) is 26.8. The second kappa shape index (κ2) is 21.1. The molecular weight excluding hydrogens is 703 g/mol. The molecule has 0 saturated carbocycles. The summed E-state index contributed by atoms with van der Waals surface area (Å²) < 4.78 is 2.92. The maximum absolute atomic E-state index is 13.3. The Kier molecular flexibility index (Phi) is 18.9. The molecule has 0 radical (unpaired) electrons. The van der Waals surface area contributed by atoms with Crippen molar-refractivity contribution in [2.24, 2.45) is 16.6 Å². The SMILES string of the molecule is C#C.C/C=C(\C=C/C(C)C(=O)N(CC)CCC(C)Nc1cc(C(=O)SI)ccc1N1C=CC(C)=CC1)C(C)N=C(N)SNC. The number of amidine groups is 1. The number of amides is 1. The van der Waals surface area contributed by atoms with E-state index >= 15 is 0 Å². The number of rotatable bonds is 14. The fraction of sp³-hybridized carbons (Fsp3) is 0.424. The molecule has 1 aliphatic rings. The van der Waals surface area contributed by atoms with E-state index in [2.05, 4.69) is 65.0 Å². The minimum absolute atomic E-state index is 0.0233. The van der Waals surface area contributed by atoms with Gasteiger partial charge in [0.2, 0.25) is 11.0 Å². The normalized spacial score (nSPS) is 15.6. The molecule has 44 heavy (non-hydrogen) atoms. The molecule has 0 saturated heterocycles. The van der Waals surface area contributed by atoms with Gasteiger partial charge in [-0.05, 0) is 98.8 Å². The highest BCUT2D eigenvalue weighted by molar-refractivity contribution is 14.2. The van der Waals surface area contributed by atoms with Gasteiger partial charge in [0.1, 0.15) is 0 Å². The third-order valence-corrected chi connectivity index (χ3v) is 9.07. The van der Waals surface area contributed by atoms with Crippen molar-refractivity contribution in [1.82, 2.24) is 9.62 Å². The van der Waals surface area contributed by atoms with Crippen LogP contribution in [0, 0.1) is 18.8 Å². The first-order chi connectivity index (χ1) is 21.0. The summed E-state index contributed by atoms with van der Waals surface area (Å²) in [5, 5.41) is 4.11. The molecule has 1 aromatic carbocycles. The number of allylic oxidation sites excluding steroid dienone is 3. The molecule has 3 unspecified atom stereocenters. The van der Waals surface area contributed by atoms with E-state index in [1.54, 1.807) is 7.05 Å².